The van der Waals surface area contributed by atoms with E-state index in [1.807, 2.05) is 0 Å². The summed E-state index contributed by atoms with van der Waals surface area (Å²) < 4.78 is 4.49. The summed E-state index contributed by atoms with van der Waals surface area (Å²) in [6.45, 7) is 0.301. The third-order valence-electron chi connectivity index (χ3n) is 2.28. The fourth-order valence-corrected chi connectivity index (χ4v) is 1.46. The monoisotopic (exact) mass is 251 g/mol. The highest BCUT2D eigenvalue weighted by molar-refractivity contribution is 5.93. The summed E-state index contributed by atoms with van der Waals surface area (Å²) in [6, 6.07) is 2.77. The number of aromatic nitrogens is 2. The van der Waals surface area contributed by atoms with Crippen LogP contribution in [0.15, 0.2) is 16.8 Å². The van der Waals surface area contributed by atoms with Gasteiger partial charge < -0.3 is 11.1 Å². The van der Waals surface area contributed by atoms with Crippen molar-refractivity contribution in [3.8, 4) is 0 Å². The van der Waals surface area contributed by atoms with Crippen LogP contribution < -0.4 is 11.1 Å². The molecule has 0 spiro atoms. The van der Waals surface area contributed by atoms with Crippen LogP contribution >= 0.6 is 0 Å². The van der Waals surface area contributed by atoms with Gasteiger partial charge in [-0.25, -0.2) is 4.63 Å². The highest BCUT2D eigenvalue weighted by atomic mass is 16.6. The van der Waals surface area contributed by atoms with Crippen LogP contribution in [0, 0.1) is 10.1 Å². The summed E-state index contributed by atoms with van der Waals surface area (Å²) in [5.74, 6) is -0.445. The van der Waals surface area contributed by atoms with Crippen molar-refractivity contribution in [1.29, 1.82) is 0 Å². The largest absolute Gasteiger partial charge is 0.383 e. The van der Waals surface area contributed by atoms with Gasteiger partial charge >= 0.3 is 5.69 Å². The molecule has 0 radical (unpaired) electrons. The molecule has 0 aliphatic heterocycles. The number of amides is 1. The third kappa shape index (κ3) is 2.19. The number of primary amides is 1. The number of anilines is 1. The number of nitro groups is 1. The zero-order valence-corrected chi connectivity index (χ0v) is 9.12. The first-order chi connectivity index (χ1) is 8.59. The number of nitro benzene ring substituents is 1. The average molecular weight is 251 g/mol. The minimum absolute atomic E-state index is 0.0593. The number of fused-ring (bicyclic) bond motifs is 1. The SMILES string of the molecule is NC(=O)CCNc1ccc([N+](=O)[O-])c2nonc12. The zero-order chi connectivity index (χ0) is 13.1. The summed E-state index contributed by atoms with van der Waals surface area (Å²) in [5.41, 5.74) is 5.61. The van der Waals surface area contributed by atoms with Crippen LogP contribution in [0.3, 0.4) is 0 Å². The van der Waals surface area contributed by atoms with Gasteiger partial charge in [0.15, 0.2) is 5.52 Å². The number of nitrogens with one attached hydrogen (secondary N) is 1. The molecule has 3 N–H and O–H groups in total. The number of carbonyl (C=O) groups excluding carboxylic acids is 1. The maximum Gasteiger partial charge on any atom is 0.300 e. The summed E-state index contributed by atoms with van der Waals surface area (Å²) in [5, 5.41) is 20.7. The minimum Gasteiger partial charge on any atom is -0.383 e. The van der Waals surface area contributed by atoms with E-state index < -0.39 is 10.8 Å². The van der Waals surface area contributed by atoms with Crippen LogP contribution in [0.4, 0.5) is 11.4 Å². The van der Waals surface area contributed by atoms with E-state index in [1.165, 1.54) is 12.1 Å². The first-order valence-electron chi connectivity index (χ1n) is 5.01. The number of rotatable bonds is 5. The van der Waals surface area contributed by atoms with E-state index >= 15 is 0 Å². The van der Waals surface area contributed by atoms with Gasteiger partial charge in [-0.3, -0.25) is 14.9 Å². The molecule has 2 rings (SSSR count). The fourth-order valence-electron chi connectivity index (χ4n) is 1.46. The van der Waals surface area contributed by atoms with Crippen LogP contribution in [0.25, 0.3) is 11.0 Å². The van der Waals surface area contributed by atoms with Gasteiger partial charge in [-0.1, -0.05) is 0 Å². The second-order valence-electron chi connectivity index (χ2n) is 3.49. The summed E-state index contributed by atoms with van der Waals surface area (Å²) >= 11 is 0. The summed E-state index contributed by atoms with van der Waals surface area (Å²) in [4.78, 5) is 20.8. The van der Waals surface area contributed by atoms with Crippen molar-refractivity contribution < 1.29 is 14.3 Å². The standard InChI is InChI=1S/C9H9N5O4/c10-7(15)3-4-11-5-1-2-6(14(16)17)9-8(5)12-18-13-9/h1-2,11H,3-4H2,(H2,10,15). The van der Waals surface area contributed by atoms with Crippen molar-refractivity contribution in [3.05, 3.63) is 22.2 Å². The van der Waals surface area contributed by atoms with Gasteiger partial charge in [0.1, 0.15) is 0 Å². The lowest BCUT2D eigenvalue weighted by Crippen LogP contribution is -2.15. The Morgan fingerprint density at radius 2 is 2.17 bits per heavy atom. The average Bonchev–Trinajstić information content (AvgIpc) is 2.77. The van der Waals surface area contributed by atoms with Gasteiger partial charge in [0.2, 0.25) is 11.4 Å². The van der Waals surface area contributed by atoms with E-state index in [2.05, 4.69) is 20.3 Å². The Kier molecular flexibility index (Phi) is 3.04. The van der Waals surface area contributed by atoms with E-state index in [4.69, 9.17) is 5.73 Å². The highest BCUT2D eigenvalue weighted by Crippen LogP contribution is 2.28. The molecular formula is C9H9N5O4. The molecule has 0 atom stereocenters. The molecule has 0 aliphatic rings. The van der Waals surface area contributed by atoms with Crippen molar-refractivity contribution in [2.24, 2.45) is 5.73 Å². The van der Waals surface area contributed by atoms with E-state index in [9.17, 15) is 14.9 Å². The number of hydrogen-bond acceptors (Lipinski definition) is 7. The van der Waals surface area contributed by atoms with Gasteiger partial charge in [0.05, 0.1) is 10.6 Å². The molecule has 0 unspecified atom stereocenters. The van der Waals surface area contributed by atoms with Crippen LogP contribution in [0.5, 0.6) is 0 Å². The zero-order valence-electron chi connectivity index (χ0n) is 9.12. The second-order valence-corrected chi connectivity index (χ2v) is 3.49. The molecule has 9 heteroatoms. The normalized spacial score (nSPS) is 10.4. The number of non-ortho nitro benzene ring substituents is 1. The molecule has 0 saturated heterocycles. The Morgan fingerprint density at radius 1 is 1.44 bits per heavy atom. The molecule has 0 saturated carbocycles. The summed E-state index contributed by atoms with van der Waals surface area (Å²) in [7, 11) is 0. The molecule has 1 amide bonds. The third-order valence-corrected chi connectivity index (χ3v) is 2.28. The highest BCUT2D eigenvalue weighted by Gasteiger charge is 2.19. The Morgan fingerprint density at radius 3 is 2.83 bits per heavy atom. The number of carbonyl (C=O) groups is 1. The van der Waals surface area contributed by atoms with E-state index in [0.717, 1.165) is 0 Å². The predicted molar refractivity (Wildman–Crippen MR) is 60.8 cm³/mol. The van der Waals surface area contributed by atoms with Crippen molar-refractivity contribution in [1.82, 2.24) is 10.3 Å². The van der Waals surface area contributed by atoms with Gasteiger partial charge in [-0.05, 0) is 16.4 Å². The summed E-state index contributed by atoms with van der Waals surface area (Å²) in [6.07, 6.45) is 0.143. The number of nitrogens with zero attached hydrogens (tertiary/aromatic N) is 3. The van der Waals surface area contributed by atoms with Crippen molar-refractivity contribution in [3.63, 3.8) is 0 Å². The molecule has 18 heavy (non-hydrogen) atoms. The van der Waals surface area contributed by atoms with E-state index in [-0.39, 0.29) is 23.1 Å². The maximum absolute atomic E-state index is 10.7. The van der Waals surface area contributed by atoms with Gasteiger partial charge in [0.25, 0.3) is 0 Å². The smallest absolute Gasteiger partial charge is 0.300 e. The van der Waals surface area contributed by atoms with E-state index in [1.54, 1.807) is 0 Å². The molecule has 1 heterocycles. The molecule has 1 aromatic carbocycles. The Balaban J connectivity index is 2.30. The van der Waals surface area contributed by atoms with Gasteiger partial charge in [0, 0.05) is 19.0 Å². The number of hydrogen-bond donors (Lipinski definition) is 2. The number of nitrogens with two attached hydrogens (primary N) is 1. The van der Waals surface area contributed by atoms with Gasteiger partial charge in [-0.2, -0.15) is 0 Å². The Labute approximate surface area is 100 Å². The quantitative estimate of drug-likeness (QED) is 0.580. The first kappa shape index (κ1) is 11.8. The Hall–Kier alpha value is -2.71. The van der Waals surface area contributed by atoms with Crippen LogP contribution in [-0.2, 0) is 4.79 Å². The molecule has 2 aromatic rings. The molecule has 9 nitrogen and oxygen atoms in total. The minimum atomic E-state index is -0.570. The second kappa shape index (κ2) is 4.65. The van der Waals surface area contributed by atoms with Crippen LogP contribution in [0.2, 0.25) is 0 Å². The lowest BCUT2D eigenvalue weighted by molar-refractivity contribution is -0.383. The van der Waals surface area contributed by atoms with Gasteiger partial charge in [-0.15, -0.1) is 0 Å². The fraction of sp³-hybridized carbons (Fsp3) is 0.222. The first-order valence-corrected chi connectivity index (χ1v) is 5.01. The molecular weight excluding hydrogens is 242 g/mol. The number of benzene rings is 1. The lowest BCUT2D eigenvalue weighted by Gasteiger charge is -2.04. The van der Waals surface area contributed by atoms with E-state index in [0.29, 0.717) is 12.2 Å². The van der Waals surface area contributed by atoms with Crippen molar-refractivity contribution >= 4 is 28.3 Å². The molecule has 0 fully saturated rings. The van der Waals surface area contributed by atoms with Crippen LogP contribution in [-0.4, -0.2) is 27.7 Å². The van der Waals surface area contributed by atoms with Crippen molar-refractivity contribution in [2.75, 3.05) is 11.9 Å². The van der Waals surface area contributed by atoms with Crippen molar-refractivity contribution in [2.45, 2.75) is 6.42 Å². The molecule has 0 bridgehead atoms. The lowest BCUT2D eigenvalue weighted by atomic mass is 10.2. The molecule has 1 aromatic heterocycles. The molecule has 94 valence electrons. The van der Waals surface area contributed by atoms with Crippen LogP contribution in [0.1, 0.15) is 6.42 Å². The Bertz CT molecular complexity index is 608. The maximum atomic E-state index is 10.7. The topological polar surface area (TPSA) is 137 Å². The predicted octanol–water partition coefficient (Wildman–Crippen LogP) is 0.418. The molecule has 0 aliphatic carbocycles.